The molecule has 1 aromatic carbocycles. The van der Waals surface area contributed by atoms with Crippen LogP contribution >= 0.6 is 27.7 Å². The Balaban J connectivity index is 2.43. The summed E-state index contributed by atoms with van der Waals surface area (Å²) in [6.07, 6.45) is 0. The molecule has 112 valence electrons. The Labute approximate surface area is 136 Å². The molecule has 0 aliphatic rings. The van der Waals surface area contributed by atoms with Crippen LogP contribution < -0.4 is 0 Å². The zero-order valence-corrected chi connectivity index (χ0v) is 14.5. The van der Waals surface area contributed by atoms with Crippen LogP contribution in [-0.4, -0.2) is 26.6 Å². The van der Waals surface area contributed by atoms with Crippen molar-refractivity contribution in [2.45, 2.75) is 31.2 Å². The Hall–Kier alpha value is -1.27. The first-order valence-corrected chi connectivity index (χ1v) is 8.26. The van der Waals surface area contributed by atoms with Crippen LogP contribution in [-0.2, 0) is 10.2 Å². The molecule has 0 saturated carbocycles. The molecule has 0 atom stereocenters. The fraction of sp³-hybridized carbons (Fsp3) is 0.333. The third-order valence-electron chi connectivity index (χ3n) is 2.86. The van der Waals surface area contributed by atoms with Crippen LogP contribution in [0.2, 0.25) is 0 Å². The van der Waals surface area contributed by atoms with Crippen LogP contribution in [0.15, 0.2) is 39.8 Å². The van der Waals surface area contributed by atoms with Crippen molar-refractivity contribution in [1.29, 1.82) is 0 Å². The number of aliphatic carboxylic acids is 1. The molecule has 1 heterocycles. The minimum absolute atomic E-state index is 0.0196. The van der Waals surface area contributed by atoms with Gasteiger partial charge in [-0.05, 0) is 30.3 Å². The van der Waals surface area contributed by atoms with E-state index < -0.39 is 5.97 Å². The van der Waals surface area contributed by atoms with Gasteiger partial charge in [0, 0.05) is 9.89 Å². The molecule has 2 rings (SSSR count). The molecule has 0 amide bonds. The normalized spacial score (nSPS) is 11.6. The van der Waals surface area contributed by atoms with Crippen molar-refractivity contribution >= 4 is 33.7 Å². The fourth-order valence-corrected chi connectivity index (χ4v) is 2.74. The van der Waals surface area contributed by atoms with Crippen LogP contribution in [0.1, 0.15) is 26.5 Å². The average molecular weight is 369 g/mol. The molecular weight excluding hydrogens is 352 g/mol. The zero-order valence-electron chi connectivity index (χ0n) is 12.1. The van der Waals surface area contributed by atoms with Gasteiger partial charge >= 0.3 is 5.97 Å². The maximum Gasteiger partial charge on any atom is 0.313 e. The summed E-state index contributed by atoms with van der Waals surface area (Å²) in [5.74, 6) is -0.813. The fourth-order valence-electron chi connectivity index (χ4n) is 1.74. The van der Waals surface area contributed by atoms with E-state index in [1.165, 1.54) is 11.8 Å². The van der Waals surface area contributed by atoms with Gasteiger partial charge < -0.3 is 5.11 Å². The molecule has 0 spiro atoms. The van der Waals surface area contributed by atoms with Crippen molar-refractivity contribution in [3.8, 4) is 5.69 Å². The van der Waals surface area contributed by atoms with Gasteiger partial charge in [0.1, 0.15) is 5.03 Å². The van der Waals surface area contributed by atoms with E-state index in [0.717, 1.165) is 20.9 Å². The molecule has 21 heavy (non-hydrogen) atoms. The molecule has 0 fully saturated rings. The number of nitrogens with zero attached hydrogens (tertiary/aromatic N) is 2. The topological polar surface area (TPSA) is 55.1 Å². The Morgan fingerprint density at radius 2 is 1.95 bits per heavy atom. The molecule has 6 heteroatoms. The van der Waals surface area contributed by atoms with Gasteiger partial charge in [0.15, 0.2) is 0 Å². The second kappa shape index (κ2) is 6.23. The number of aromatic nitrogens is 2. The molecule has 1 N–H and O–H groups in total. The smallest absolute Gasteiger partial charge is 0.313 e. The van der Waals surface area contributed by atoms with Crippen molar-refractivity contribution in [1.82, 2.24) is 9.78 Å². The summed E-state index contributed by atoms with van der Waals surface area (Å²) in [7, 11) is 0. The first-order chi connectivity index (χ1) is 9.77. The monoisotopic (exact) mass is 368 g/mol. The minimum atomic E-state index is -0.833. The standard InChI is InChI=1S/C15H17BrN2O2S/c1-15(2,3)12-8-13(21-9-14(19)20)18(17-12)11-6-4-10(16)5-7-11/h4-8H,9H2,1-3H3,(H,19,20). The van der Waals surface area contributed by atoms with Crippen LogP contribution in [0, 0.1) is 0 Å². The van der Waals surface area contributed by atoms with Crippen molar-refractivity contribution in [2.75, 3.05) is 5.75 Å². The van der Waals surface area contributed by atoms with E-state index in [4.69, 9.17) is 5.11 Å². The van der Waals surface area contributed by atoms with Crippen LogP contribution in [0.4, 0.5) is 0 Å². The lowest BCUT2D eigenvalue weighted by molar-refractivity contribution is -0.133. The van der Waals surface area contributed by atoms with Gasteiger partial charge in [-0.1, -0.05) is 48.5 Å². The minimum Gasteiger partial charge on any atom is -0.481 e. The number of carboxylic acids is 1. The SMILES string of the molecule is CC(C)(C)c1cc(SCC(=O)O)n(-c2ccc(Br)cc2)n1. The summed E-state index contributed by atoms with van der Waals surface area (Å²) in [5.41, 5.74) is 1.78. The summed E-state index contributed by atoms with van der Waals surface area (Å²) in [4.78, 5) is 10.8. The van der Waals surface area contributed by atoms with E-state index in [1.54, 1.807) is 4.68 Å². The molecule has 2 aromatic rings. The maximum absolute atomic E-state index is 10.8. The molecule has 0 bridgehead atoms. The highest BCUT2D eigenvalue weighted by molar-refractivity contribution is 9.10. The number of rotatable bonds is 4. The van der Waals surface area contributed by atoms with Gasteiger partial charge in [-0.2, -0.15) is 5.10 Å². The third kappa shape index (κ3) is 4.11. The quantitative estimate of drug-likeness (QED) is 0.825. The Morgan fingerprint density at radius 1 is 1.33 bits per heavy atom. The second-order valence-corrected chi connectivity index (χ2v) is 7.60. The van der Waals surface area contributed by atoms with Gasteiger partial charge in [-0.15, -0.1) is 0 Å². The lowest BCUT2D eigenvalue weighted by Gasteiger charge is -2.14. The van der Waals surface area contributed by atoms with Gasteiger partial charge in [-0.25, -0.2) is 4.68 Å². The lowest BCUT2D eigenvalue weighted by Crippen LogP contribution is -2.12. The van der Waals surface area contributed by atoms with E-state index >= 15 is 0 Å². The van der Waals surface area contributed by atoms with Crippen LogP contribution in [0.3, 0.4) is 0 Å². The third-order valence-corrected chi connectivity index (χ3v) is 4.37. The number of carboxylic acid groups (broad SMARTS) is 1. The van der Waals surface area contributed by atoms with Crippen molar-refractivity contribution in [2.24, 2.45) is 0 Å². The number of halogens is 1. The number of benzene rings is 1. The van der Waals surface area contributed by atoms with Gasteiger partial charge in [-0.3, -0.25) is 4.79 Å². The summed E-state index contributed by atoms with van der Waals surface area (Å²) in [6, 6.07) is 9.76. The number of carbonyl (C=O) groups is 1. The molecule has 0 radical (unpaired) electrons. The lowest BCUT2D eigenvalue weighted by atomic mass is 9.93. The molecule has 4 nitrogen and oxygen atoms in total. The maximum atomic E-state index is 10.8. The number of hydrogen-bond acceptors (Lipinski definition) is 3. The molecular formula is C15H17BrN2O2S. The second-order valence-electron chi connectivity index (χ2n) is 5.69. The predicted octanol–water partition coefficient (Wildman–Crippen LogP) is 4.11. The Kier molecular flexibility index (Phi) is 4.78. The first-order valence-electron chi connectivity index (χ1n) is 6.48. The molecule has 0 unspecified atom stereocenters. The largest absolute Gasteiger partial charge is 0.481 e. The van der Waals surface area contributed by atoms with Gasteiger partial charge in [0.2, 0.25) is 0 Å². The van der Waals surface area contributed by atoms with Crippen LogP contribution in [0.25, 0.3) is 5.69 Å². The van der Waals surface area contributed by atoms with Crippen molar-refractivity contribution in [3.63, 3.8) is 0 Å². The molecule has 0 saturated heterocycles. The first kappa shape index (κ1) is 16.1. The summed E-state index contributed by atoms with van der Waals surface area (Å²) >= 11 is 4.69. The molecule has 0 aliphatic carbocycles. The molecule has 0 aliphatic heterocycles. The predicted molar refractivity (Wildman–Crippen MR) is 88.3 cm³/mol. The van der Waals surface area contributed by atoms with Gasteiger partial charge in [0.05, 0.1) is 17.1 Å². The molecule has 1 aromatic heterocycles. The summed E-state index contributed by atoms with van der Waals surface area (Å²) < 4.78 is 2.80. The highest BCUT2D eigenvalue weighted by Gasteiger charge is 2.21. The Morgan fingerprint density at radius 3 is 2.48 bits per heavy atom. The summed E-state index contributed by atoms with van der Waals surface area (Å²) in [6.45, 7) is 6.27. The zero-order chi connectivity index (χ0) is 15.6. The average Bonchev–Trinajstić information content (AvgIpc) is 2.81. The Bertz CT molecular complexity index is 645. The van der Waals surface area contributed by atoms with Crippen LogP contribution in [0.5, 0.6) is 0 Å². The highest BCUT2D eigenvalue weighted by atomic mass is 79.9. The van der Waals surface area contributed by atoms with E-state index in [1.807, 2.05) is 30.3 Å². The highest BCUT2D eigenvalue weighted by Crippen LogP contribution is 2.29. The van der Waals surface area contributed by atoms with E-state index in [0.29, 0.717) is 0 Å². The van der Waals surface area contributed by atoms with Gasteiger partial charge in [0.25, 0.3) is 0 Å². The van der Waals surface area contributed by atoms with E-state index in [-0.39, 0.29) is 11.2 Å². The number of hydrogen-bond donors (Lipinski definition) is 1. The van der Waals surface area contributed by atoms with E-state index in [9.17, 15) is 4.79 Å². The van der Waals surface area contributed by atoms with Crippen molar-refractivity contribution < 1.29 is 9.90 Å². The van der Waals surface area contributed by atoms with E-state index in [2.05, 4.69) is 41.8 Å². The number of thioether (sulfide) groups is 1. The summed E-state index contributed by atoms with van der Waals surface area (Å²) in [5, 5.41) is 14.4. The van der Waals surface area contributed by atoms with Crippen molar-refractivity contribution in [3.05, 3.63) is 40.5 Å².